The molecule has 6 heteroatoms. The molecule has 1 heterocycles. The third-order valence-electron chi connectivity index (χ3n) is 2.28. The Morgan fingerprint density at radius 3 is 2.65 bits per heavy atom. The average molecular weight is 237 g/mol. The Morgan fingerprint density at radius 1 is 1.47 bits per heavy atom. The van der Waals surface area contributed by atoms with Gasteiger partial charge in [-0.25, -0.2) is 4.79 Å². The molecule has 0 aliphatic heterocycles. The van der Waals surface area contributed by atoms with Gasteiger partial charge in [0.1, 0.15) is 11.6 Å². The van der Waals surface area contributed by atoms with Gasteiger partial charge in [0.05, 0.1) is 5.69 Å². The highest BCUT2D eigenvalue weighted by molar-refractivity contribution is 5.95. The Hall–Kier alpha value is -2.11. The minimum atomic E-state index is -1.08. The van der Waals surface area contributed by atoms with Crippen molar-refractivity contribution in [3.8, 4) is 0 Å². The zero-order valence-corrected chi connectivity index (χ0v) is 9.94. The number of rotatable bonds is 4. The topological polar surface area (TPSA) is 91.3 Å². The van der Waals surface area contributed by atoms with Crippen molar-refractivity contribution < 1.29 is 14.7 Å². The summed E-state index contributed by atoms with van der Waals surface area (Å²) >= 11 is 0. The molecule has 0 saturated heterocycles. The molecule has 0 radical (unpaired) electrons. The van der Waals surface area contributed by atoms with Gasteiger partial charge in [0.15, 0.2) is 0 Å². The van der Waals surface area contributed by atoms with E-state index in [0.29, 0.717) is 11.4 Å². The fourth-order valence-corrected chi connectivity index (χ4v) is 1.36. The number of carbonyl (C=O) groups excluding carboxylic acids is 1. The second kappa shape index (κ2) is 5.29. The first-order valence-corrected chi connectivity index (χ1v) is 5.13. The molecule has 92 valence electrons. The van der Waals surface area contributed by atoms with E-state index in [1.165, 1.54) is 13.2 Å². The molecule has 0 spiro atoms. The minimum absolute atomic E-state index is 0.0475. The van der Waals surface area contributed by atoms with E-state index in [0.717, 1.165) is 0 Å². The molecule has 0 aliphatic rings. The molecule has 6 nitrogen and oxygen atoms in total. The van der Waals surface area contributed by atoms with Crippen LogP contribution in [-0.2, 0) is 4.79 Å². The molecular formula is C11H15N3O3. The lowest BCUT2D eigenvalue weighted by molar-refractivity contribution is -0.121. The summed E-state index contributed by atoms with van der Waals surface area (Å²) in [6.45, 7) is 3.40. The van der Waals surface area contributed by atoms with Crippen molar-refractivity contribution in [2.45, 2.75) is 19.9 Å². The van der Waals surface area contributed by atoms with Crippen molar-refractivity contribution in [3.05, 3.63) is 23.5 Å². The van der Waals surface area contributed by atoms with E-state index < -0.39 is 12.0 Å². The van der Waals surface area contributed by atoms with Crippen LogP contribution in [0, 0.1) is 6.92 Å². The van der Waals surface area contributed by atoms with Gasteiger partial charge in [-0.3, -0.25) is 9.78 Å². The van der Waals surface area contributed by atoms with Crippen LogP contribution in [0.15, 0.2) is 12.3 Å². The van der Waals surface area contributed by atoms with Gasteiger partial charge in [0, 0.05) is 18.9 Å². The number of carboxylic acid groups (broad SMARTS) is 1. The number of pyridine rings is 1. The smallest absolute Gasteiger partial charge is 0.339 e. The number of hydrogen-bond donors (Lipinski definition) is 3. The Labute approximate surface area is 99.1 Å². The number of aromatic nitrogens is 1. The zero-order chi connectivity index (χ0) is 13.0. The molecule has 0 aromatic carbocycles. The second-order valence-corrected chi connectivity index (χ2v) is 3.66. The average Bonchev–Trinajstić information content (AvgIpc) is 2.27. The third kappa shape index (κ3) is 3.17. The number of aryl methyl sites for hydroxylation is 1. The van der Waals surface area contributed by atoms with Crippen molar-refractivity contribution in [2.24, 2.45) is 0 Å². The number of amides is 1. The summed E-state index contributed by atoms with van der Waals surface area (Å²) in [5.41, 5.74) is 1.12. The largest absolute Gasteiger partial charge is 0.478 e. The predicted octanol–water partition coefficient (Wildman–Crippen LogP) is 0.635. The van der Waals surface area contributed by atoms with Crippen molar-refractivity contribution in [3.63, 3.8) is 0 Å². The fourth-order valence-electron chi connectivity index (χ4n) is 1.36. The quantitative estimate of drug-likeness (QED) is 0.714. The van der Waals surface area contributed by atoms with E-state index in [2.05, 4.69) is 15.6 Å². The summed E-state index contributed by atoms with van der Waals surface area (Å²) in [4.78, 5) is 26.2. The van der Waals surface area contributed by atoms with Crippen molar-refractivity contribution in [2.75, 3.05) is 12.4 Å². The first-order valence-electron chi connectivity index (χ1n) is 5.13. The molecule has 0 aliphatic carbocycles. The van der Waals surface area contributed by atoms with E-state index in [4.69, 9.17) is 5.11 Å². The number of aromatic carboxylic acids is 1. The zero-order valence-electron chi connectivity index (χ0n) is 9.94. The van der Waals surface area contributed by atoms with Gasteiger partial charge in [-0.1, -0.05) is 0 Å². The van der Waals surface area contributed by atoms with E-state index >= 15 is 0 Å². The SMILES string of the molecule is CNC(=O)C(C)Nc1cc(C)ncc1C(=O)O. The van der Waals surface area contributed by atoms with Gasteiger partial charge in [0.25, 0.3) is 0 Å². The molecule has 1 unspecified atom stereocenters. The summed E-state index contributed by atoms with van der Waals surface area (Å²) in [7, 11) is 1.52. The molecular weight excluding hydrogens is 222 g/mol. The molecule has 0 bridgehead atoms. The Bertz CT molecular complexity index is 446. The van der Waals surface area contributed by atoms with Crippen LogP contribution in [0.1, 0.15) is 23.0 Å². The normalized spacial score (nSPS) is 11.7. The highest BCUT2D eigenvalue weighted by Crippen LogP contribution is 2.16. The molecule has 17 heavy (non-hydrogen) atoms. The number of likely N-dealkylation sites (N-methyl/N-ethyl adjacent to an activating group) is 1. The van der Waals surface area contributed by atoms with Crippen LogP contribution in [0.5, 0.6) is 0 Å². The van der Waals surface area contributed by atoms with Gasteiger partial charge >= 0.3 is 5.97 Å². The predicted molar refractivity (Wildman–Crippen MR) is 63.1 cm³/mol. The van der Waals surface area contributed by atoms with Crippen molar-refractivity contribution >= 4 is 17.6 Å². The van der Waals surface area contributed by atoms with Gasteiger partial charge in [-0.2, -0.15) is 0 Å². The molecule has 3 N–H and O–H groups in total. The molecule has 1 aromatic heterocycles. The van der Waals surface area contributed by atoms with Crippen LogP contribution >= 0.6 is 0 Å². The summed E-state index contributed by atoms with van der Waals surface area (Å²) in [5.74, 6) is -1.29. The highest BCUT2D eigenvalue weighted by atomic mass is 16.4. The van der Waals surface area contributed by atoms with Crippen LogP contribution in [0.3, 0.4) is 0 Å². The lowest BCUT2D eigenvalue weighted by Crippen LogP contribution is -2.35. The van der Waals surface area contributed by atoms with Gasteiger partial charge in [-0.15, -0.1) is 0 Å². The summed E-state index contributed by atoms with van der Waals surface area (Å²) in [6.07, 6.45) is 1.27. The molecule has 1 rings (SSSR count). The minimum Gasteiger partial charge on any atom is -0.478 e. The number of anilines is 1. The first kappa shape index (κ1) is 13.0. The van der Waals surface area contributed by atoms with Crippen LogP contribution in [0.4, 0.5) is 5.69 Å². The summed E-state index contributed by atoms with van der Waals surface area (Å²) in [5, 5.41) is 14.3. The Kier molecular flexibility index (Phi) is 4.03. The number of carboxylic acids is 1. The van der Waals surface area contributed by atoms with Crippen LogP contribution < -0.4 is 10.6 Å². The highest BCUT2D eigenvalue weighted by Gasteiger charge is 2.16. The number of nitrogens with one attached hydrogen (secondary N) is 2. The van der Waals surface area contributed by atoms with E-state index in [1.54, 1.807) is 19.9 Å². The fraction of sp³-hybridized carbons (Fsp3) is 0.364. The molecule has 0 saturated carbocycles. The molecule has 1 amide bonds. The number of nitrogens with zero attached hydrogens (tertiary/aromatic N) is 1. The van der Waals surface area contributed by atoms with E-state index in [-0.39, 0.29) is 11.5 Å². The standard InChI is InChI=1S/C11H15N3O3/c1-6-4-9(8(5-13-6)11(16)17)14-7(2)10(15)12-3/h4-5,7H,1-3H3,(H,12,15)(H,13,14)(H,16,17). The maximum atomic E-state index is 11.3. The molecule has 1 atom stereocenters. The van der Waals surface area contributed by atoms with Crippen LogP contribution in [0.25, 0.3) is 0 Å². The number of hydrogen-bond acceptors (Lipinski definition) is 4. The number of carbonyl (C=O) groups is 2. The lowest BCUT2D eigenvalue weighted by Gasteiger charge is -2.15. The maximum Gasteiger partial charge on any atom is 0.339 e. The van der Waals surface area contributed by atoms with E-state index in [1.807, 2.05) is 0 Å². The molecule has 1 aromatic rings. The van der Waals surface area contributed by atoms with Gasteiger partial charge in [-0.05, 0) is 19.9 Å². The van der Waals surface area contributed by atoms with Crippen molar-refractivity contribution in [1.82, 2.24) is 10.3 Å². The van der Waals surface area contributed by atoms with E-state index in [9.17, 15) is 9.59 Å². The first-order chi connectivity index (χ1) is 7.95. The van der Waals surface area contributed by atoms with Crippen molar-refractivity contribution in [1.29, 1.82) is 0 Å². The second-order valence-electron chi connectivity index (χ2n) is 3.66. The third-order valence-corrected chi connectivity index (χ3v) is 2.28. The van der Waals surface area contributed by atoms with Crippen LogP contribution in [0.2, 0.25) is 0 Å². The van der Waals surface area contributed by atoms with Gasteiger partial charge in [0.2, 0.25) is 5.91 Å². The lowest BCUT2D eigenvalue weighted by atomic mass is 10.2. The Morgan fingerprint density at radius 2 is 2.12 bits per heavy atom. The summed E-state index contributed by atoms with van der Waals surface area (Å²) < 4.78 is 0. The monoisotopic (exact) mass is 237 g/mol. The molecule has 0 fully saturated rings. The summed E-state index contributed by atoms with van der Waals surface area (Å²) in [6, 6.07) is 1.09. The Balaban J connectivity index is 3.00. The maximum absolute atomic E-state index is 11.3. The van der Waals surface area contributed by atoms with Crippen LogP contribution in [-0.4, -0.2) is 35.1 Å². The van der Waals surface area contributed by atoms with Gasteiger partial charge < -0.3 is 15.7 Å².